The molecule has 1 nitrogen and oxygen atoms in total. The molecule has 0 radical (unpaired) electrons. The van der Waals surface area contributed by atoms with Crippen LogP contribution in [0, 0.1) is 5.41 Å². The SMILES string of the molecule is C=C1C(C)=C(C)C2(C)C(=O)PC12C. The van der Waals surface area contributed by atoms with E-state index in [4.69, 9.17) is 0 Å². The molecule has 1 heterocycles. The summed E-state index contributed by atoms with van der Waals surface area (Å²) in [6, 6.07) is 0. The zero-order valence-corrected chi connectivity index (χ0v) is 9.62. The third-order valence-electron chi connectivity index (χ3n) is 4.19. The summed E-state index contributed by atoms with van der Waals surface area (Å²) in [5.41, 5.74) is 3.87. The summed E-state index contributed by atoms with van der Waals surface area (Å²) in [6.07, 6.45) is 0. The Kier molecular flexibility index (Phi) is 1.51. The molecule has 0 N–H and O–H groups in total. The summed E-state index contributed by atoms with van der Waals surface area (Å²) in [7, 11) is 0.425. The molecule has 1 aliphatic heterocycles. The fourth-order valence-electron chi connectivity index (χ4n) is 2.54. The molecule has 3 unspecified atom stereocenters. The van der Waals surface area contributed by atoms with Crippen LogP contribution in [0.25, 0.3) is 0 Å². The number of rotatable bonds is 0. The van der Waals surface area contributed by atoms with Crippen molar-refractivity contribution in [3.05, 3.63) is 23.3 Å². The van der Waals surface area contributed by atoms with Crippen LogP contribution in [0.2, 0.25) is 0 Å². The van der Waals surface area contributed by atoms with Crippen molar-refractivity contribution in [3.63, 3.8) is 0 Å². The van der Waals surface area contributed by atoms with Crippen LogP contribution in [0.1, 0.15) is 27.7 Å². The topological polar surface area (TPSA) is 17.1 Å². The van der Waals surface area contributed by atoms with Crippen molar-refractivity contribution in [2.45, 2.75) is 32.9 Å². The van der Waals surface area contributed by atoms with Gasteiger partial charge < -0.3 is 0 Å². The van der Waals surface area contributed by atoms with E-state index in [0.717, 1.165) is 0 Å². The Morgan fingerprint density at radius 1 is 1.31 bits per heavy atom. The van der Waals surface area contributed by atoms with Gasteiger partial charge >= 0.3 is 0 Å². The molecule has 1 fully saturated rings. The van der Waals surface area contributed by atoms with Gasteiger partial charge in [-0.1, -0.05) is 19.1 Å². The first-order chi connectivity index (χ1) is 5.85. The minimum absolute atomic E-state index is 0.0538. The van der Waals surface area contributed by atoms with Gasteiger partial charge in [0, 0.05) is 5.16 Å². The summed E-state index contributed by atoms with van der Waals surface area (Å²) in [4.78, 5) is 11.7. The Labute approximate surface area is 81.1 Å². The highest BCUT2D eigenvalue weighted by Crippen LogP contribution is 2.72. The molecule has 2 aliphatic rings. The van der Waals surface area contributed by atoms with Crippen LogP contribution in [0.15, 0.2) is 23.3 Å². The fraction of sp³-hybridized carbons (Fsp3) is 0.545. The molecular weight excluding hydrogens is 179 g/mol. The van der Waals surface area contributed by atoms with Gasteiger partial charge in [0.2, 0.25) is 0 Å². The van der Waals surface area contributed by atoms with E-state index in [1.165, 1.54) is 16.7 Å². The number of fused-ring (bicyclic) bond motifs is 1. The van der Waals surface area contributed by atoms with Gasteiger partial charge in [-0.3, -0.25) is 4.79 Å². The summed E-state index contributed by atoms with van der Waals surface area (Å²) >= 11 is 0. The highest BCUT2D eigenvalue weighted by molar-refractivity contribution is 7.63. The second kappa shape index (κ2) is 2.15. The van der Waals surface area contributed by atoms with Crippen LogP contribution in [0.5, 0.6) is 0 Å². The molecule has 70 valence electrons. The molecular formula is C11H15OP. The number of hydrogen-bond acceptors (Lipinski definition) is 1. The molecule has 0 aromatic heterocycles. The van der Waals surface area contributed by atoms with Gasteiger partial charge in [0.25, 0.3) is 0 Å². The van der Waals surface area contributed by atoms with E-state index in [-0.39, 0.29) is 10.6 Å². The first kappa shape index (κ1) is 9.15. The van der Waals surface area contributed by atoms with Crippen molar-refractivity contribution >= 4 is 14.1 Å². The predicted octanol–water partition coefficient (Wildman–Crippen LogP) is 2.88. The summed E-state index contributed by atoms with van der Waals surface area (Å²) in [6.45, 7) is 12.5. The van der Waals surface area contributed by atoms with E-state index in [1.54, 1.807) is 0 Å². The fourth-order valence-corrected chi connectivity index (χ4v) is 4.38. The lowest BCUT2D eigenvalue weighted by Gasteiger charge is -2.51. The third-order valence-corrected chi connectivity index (χ3v) is 6.22. The first-order valence-corrected chi connectivity index (χ1v) is 5.56. The highest BCUT2D eigenvalue weighted by Gasteiger charge is 2.65. The average molecular weight is 194 g/mol. The molecule has 3 atom stereocenters. The van der Waals surface area contributed by atoms with Crippen LogP contribution >= 0.6 is 8.58 Å². The zero-order chi connectivity index (χ0) is 10.0. The van der Waals surface area contributed by atoms with Gasteiger partial charge in [-0.15, -0.1) is 0 Å². The van der Waals surface area contributed by atoms with Gasteiger partial charge in [-0.2, -0.15) is 0 Å². The van der Waals surface area contributed by atoms with Crippen LogP contribution in [0.4, 0.5) is 0 Å². The lowest BCUT2D eigenvalue weighted by molar-refractivity contribution is -0.120. The Bertz CT molecular complexity index is 366. The minimum atomic E-state index is -0.216. The molecule has 13 heavy (non-hydrogen) atoms. The molecule has 0 amide bonds. The molecule has 0 aromatic rings. The van der Waals surface area contributed by atoms with E-state index in [9.17, 15) is 4.79 Å². The average Bonchev–Trinajstić information content (AvgIpc) is 2.19. The summed E-state index contributed by atoms with van der Waals surface area (Å²) in [5.74, 6) is 0. The van der Waals surface area contributed by atoms with Gasteiger partial charge in [0.15, 0.2) is 5.52 Å². The number of carbonyl (C=O) groups excluding carboxylic acids is 1. The van der Waals surface area contributed by atoms with E-state index in [0.29, 0.717) is 14.1 Å². The second-order valence-electron chi connectivity index (χ2n) is 4.43. The highest BCUT2D eigenvalue weighted by atomic mass is 31.1. The van der Waals surface area contributed by atoms with E-state index < -0.39 is 0 Å². The monoisotopic (exact) mass is 194 g/mol. The van der Waals surface area contributed by atoms with Crippen molar-refractivity contribution in [1.82, 2.24) is 0 Å². The predicted molar refractivity (Wildman–Crippen MR) is 57.3 cm³/mol. The maximum atomic E-state index is 11.7. The van der Waals surface area contributed by atoms with Crippen LogP contribution in [-0.2, 0) is 4.79 Å². The second-order valence-corrected chi connectivity index (χ2v) is 6.14. The first-order valence-electron chi connectivity index (χ1n) is 4.56. The Balaban J connectivity index is 2.64. The quantitative estimate of drug-likeness (QED) is 0.542. The van der Waals surface area contributed by atoms with Gasteiger partial charge in [0.1, 0.15) is 0 Å². The Hall–Kier alpha value is -0.420. The smallest absolute Gasteiger partial charge is 0.163 e. The lowest BCUT2D eigenvalue weighted by atomic mass is 9.75. The van der Waals surface area contributed by atoms with Crippen LogP contribution < -0.4 is 0 Å². The summed E-state index contributed by atoms with van der Waals surface area (Å²) in [5, 5.41) is 0.0538. The van der Waals surface area contributed by atoms with Crippen molar-refractivity contribution in [1.29, 1.82) is 0 Å². The number of hydrogen-bond donors (Lipinski definition) is 0. The summed E-state index contributed by atoms with van der Waals surface area (Å²) < 4.78 is 0. The number of carbonyl (C=O) groups is 1. The molecule has 0 spiro atoms. The van der Waals surface area contributed by atoms with E-state index in [1.807, 2.05) is 0 Å². The zero-order valence-electron chi connectivity index (χ0n) is 8.62. The maximum Gasteiger partial charge on any atom is 0.163 e. The van der Waals surface area contributed by atoms with Crippen molar-refractivity contribution < 1.29 is 4.79 Å². The normalized spacial score (nSPS) is 45.5. The minimum Gasteiger partial charge on any atom is -0.294 e. The largest absolute Gasteiger partial charge is 0.294 e. The van der Waals surface area contributed by atoms with Crippen molar-refractivity contribution in [3.8, 4) is 0 Å². The van der Waals surface area contributed by atoms with Gasteiger partial charge in [-0.25, -0.2) is 0 Å². The molecule has 0 bridgehead atoms. The Morgan fingerprint density at radius 2 is 1.85 bits per heavy atom. The molecule has 0 aromatic carbocycles. The standard InChI is InChI=1S/C11H15OP/c1-6-7(2)10(4)9(12)13-11(10,5)8(6)3/h13H,3H2,1-2,4-5H3. The Morgan fingerprint density at radius 3 is 2.15 bits per heavy atom. The molecule has 0 saturated carbocycles. The molecule has 1 saturated heterocycles. The number of allylic oxidation sites excluding steroid dienone is 3. The third kappa shape index (κ3) is 0.678. The van der Waals surface area contributed by atoms with Gasteiger partial charge in [-0.05, 0) is 40.5 Å². The van der Waals surface area contributed by atoms with E-state index in [2.05, 4.69) is 34.3 Å². The maximum absolute atomic E-state index is 11.7. The molecule has 1 aliphatic carbocycles. The van der Waals surface area contributed by atoms with Crippen LogP contribution in [0.3, 0.4) is 0 Å². The van der Waals surface area contributed by atoms with Crippen molar-refractivity contribution in [2.24, 2.45) is 5.41 Å². The molecule has 2 rings (SSSR count). The van der Waals surface area contributed by atoms with E-state index >= 15 is 0 Å². The van der Waals surface area contributed by atoms with Gasteiger partial charge in [0.05, 0.1) is 5.41 Å². The lowest BCUT2D eigenvalue weighted by Crippen LogP contribution is -2.52. The van der Waals surface area contributed by atoms with Crippen molar-refractivity contribution in [2.75, 3.05) is 0 Å². The van der Waals surface area contributed by atoms with Crippen LogP contribution in [-0.4, -0.2) is 10.7 Å². The molecule has 2 heteroatoms.